The lowest BCUT2D eigenvalue weighted by Gasteiger charge is -2.34. The average Bonchev–Trinajstić information content (AvgIpc) is 2.95. The Labute approximate surface area is 227 Å². The van der Waals surface area contributed by atoms with E-state index in [0.29, 0.717) is 51.4 Å². The van der Waals surface area contributed by atoms with Crippen LogP contribution in [0.1, 0.15) is 78.5 Å². The highest BCUT2D eigenvalue weighted by Crippen LogP contribution is 2.36. The summed E-state index contributed by atoms with van der Waals surface area (Å²) in [5, 5.41) is 4.67. The van der Waals surface area contributed by atoms with Crippen molar-refractivity contribution in [1.82, 2.24) is 10.6 Å². The van der Waals surface area contributed by atoms with E-state index >= 15 is 0 Å². The van der Waals surface area contributed by atoms with Crippen molar-refractivity contribution in [3.63, 3.8) is 0 Å². The van der Waals surface area contributed by atoms with E-state index in [-0.39, 0.29) is 11.8 Å². The first-order chi connectivity index (χ1) is 19.3. The van der Waals surface area contributed by atoms with Crippen molar-refractivity contribution in [2.24, 2.45) is 11.8 Å². The van der Waals surface area contributed by atoms with Crippen LogP contribution in [0.25, 0.3) is 0 Å². The quantitative estimate of drug-likeness (QED) is 0.220. The smallest absolute Gasteiger partial charge is 0.257 e. The monoisotopic (exact) mass is 598 g/mol. The van der Waals surface area contributed by atoms with Crippen LogP contribution in [0.15, 0.2) is 0 Å². The van der Waals surface area contributed by atoms with Gasteiger partial charge in [-0.1, -0.05) is 0 Å². The molecule has 2 saturated carbocycles. The van der Waals surface area contributed by atoms with Gasteiger partial charge < -0.3 is 10.6 Å². The number of rotatable bonds is 6. The molecule has 0 heterocycles. The molecule has 0 spiro atoms. The van der Waals surface area contributed by atoms with E-state index in [0.717, 1.165) is 6.42 Å². The van der Waals surface area contributed by atoms with E-state index in [1.165, 1.54) is 0 Å². The molecule has 14 heteroatoms. The highest BCUT2D eigenvalue weighted by atomic mass is 19.2. The average molecular weight is 598 g/mol. The number of carbonyl (C=O) groups excluding carboxylic acids is 2. The van der Waals surface area contributed by atoms with Gasteiger partial charge >= 0.3 is 0 Å². The van der Waals surface area contributed by atoms with E-state index in [1.807, 2.05) is 0 Å². The molecule has 4 rings (SSSR count). The van der Waals surface area contributed by atoms with Crippen LogP contribution in [-0.2, 0) is 0 Å². The molecule has 0 unspecified atom stereocenters. The fourth-order valence-corrected chi connectivity index (χ4v) is 5.68. The second-order valence-corrected chi connectivity index (χ2v) is 10.5. The summed E-state index contributed by atoms with van der Waals surface area (Å²) in [7, 11) is 0. The Hall–Kier alpha value is -3.32. The van der Waals surface area contributed by atoms with Gasteiger partial charge in [-0.05, 0) is 69.6 Å². The SMILES string of the molecule is O=C(NC1CCC(CC2CCC(NC(=O)c3c(F)c(F)c(F)c(F)c3F)CC2)CC1)c1c(F)c(F)c(F)c(F)c1F. The molecule has 0 atom stereocenters. The first kappa shape index (κ1) is 30.6. The van der Waals surface area contributed by atoms with Gasteiger partial charge in [-0.25, -0.2) is 43.9 Å². The molecule has 2 aliphatic rings. The van der Waals surface area contributed by atoms with Gasteiger partial charge in [-0.3, -0.25) is 9.59 Å². The lowest BCUT2D eigenvalue weighted by Crippen LogP contribution is -2.40. The minimum Gasteiger partial charge on any atom is -0.349 e. The van der Waals surface area contributed by atoms with Gasteiger partial charge in [0.1, 0.15) is 11.1 Å². The summed E-state index contributed by atoms with van der Waals surface area (Å²) in [5.41, 5.74) is -3.07. The second kappa shape index (κ2) is 12.3. The Bertz CT molecular complexity index is 1190. The number of hydrogen-bond acceptors (Lipinski definition) is 2. The summed E-state index contributed by atoms with van der Waals surface area (Å²) >= 11 is 0. The van der Waals surface area contributed by atoms with E-state index in [4.69, 9.17) is 0 Å². The van der Waals surface area contributed by atoms with Crippen LogP contribution in [-0.4, -0.2) is 23.9 Å². The van der Waals surface area contributed by atoms with Crippen LogP contribution in [0.5, 0.6) is 0 Å². The van der Waals surface area contributed by atoms with Crippen molar-refractivity contribution in [1.29, 1.82) is 0 Å². The molecule has 2 amide bonds. The second-order valence-electron chi connectivity index (χ2n) is 10.5. The fourth-order valence-electron chi connectivity index (χ4n) is 5.68. The van der Waals surface area contributed by atoms with Crippen LogP contribution < -0.4 is 10.6 Å². The molecule has 41 heavy (non-hydrogen) atoms. The summed E-state index contributed by atoms with van der Waals surface area (Å²) in [4.78, 5) is 24.6. The van der Waals surface area contributed by atoms with Crippen LogP contribution in [0, 0.1) is 70.0 Å². The van der Waals surface area contributed by atoms with Crippen LogP contribution >= 0.6 is 0 Å². The summed E-state index contributed by atoms with van der Waals surface area (Å²) in [6, 6.07) is -1.05. The predicted molar refractivity (Wildman–Crippen MR) is 124 cm³/mol. The predicted octanol–water partition coefficient (Wildman–Crippen LogP) is 6.75. The zero-order chi connectivity index (χ0) is 30.2. The minimum atomic E-state index is -2.35. The van der Waals surface area contributed by atoms with Crippen LogP contribution in [0.3, 0.4) is 0 Å². The Morgan fingerprint density at radius 3 is 0.951 bits per heavy atom. The normalized spacial score (nSPS) is 22.9. The highest BCUT2D eigenvalue weighted by molar-refractivity contribution is 5.95. The first-order valence-electron chi connectivity index (χ1n) is 13.0. The van der Waals surface area contributed by atoms with E-state index < -0.39 is 93.2 Å². The molecule has 2 aromatic rings. The molecule has 0 radical (unpaired) electrons. The maximum atomic E-state index is 13.9. The van der Waals surface area contributed by atoms with Gasteiger partial charge in [0.25, 0.3) is 11.8 Å². The standard InChI is InChI=1S/C27H24F10N2O2/c28-16-14(17(29)21(33)24(36)20(16)32)26(40)38-12-5-1-10(2-6-12)9-11-3-7-13(8-4-11)39-27(41)15-18(30)22(34)25(37)23(35)19(15)31/h10-13H,1-9H2,(H,38,40)(H,39,41). The number of carbonyl (C=O) groups is 2. The largest absolute Gasteiger partial charge is 0.349 e. The van der Waals surface area contributed by atoms with Crippen LogP contribution in [0.4, 0.5) is 43.9 Å². The number of nitrogens with one attached hydrogen (secondary N) is 2. The number of hydrogen-bond donors (Lipinski definition) is 2. The summed E-state index contributed by atoms with van der Waals surface area (Å²) in [5.74, 6) is -24.7. The minimum absolute atomic E-state index is 0.224. The topological polar surface area (TPSA) is 58.2 Å². The van der Waals surface area contributed by atoms with Gasteiger partial charge in [0.05, 0.1) is 0 Å². The van der Waals surface area contributed by atoms with E-state index in [2.05, 4.69) is 10.6 Å². The van der Waals surface area contributed by atoms with Crippen molar-refractivity contribution in [3.8, 4) is 0 Å². The Morgan fingerprint density at radius 2 is 0.683 bits per heavy atom. The summed E-state index contributed by atoms with van der Waals surface area (Å²) in [6.45, 7) is 0. The molecule has 2 aliphatic carbocycles. The molecule has 224 valence electrons. The maximum Gasteiger partial charge on any atom is 0.257 e. The van der Waals surface area contributed by atoms with Crippen molar-refractivity contribution < 1.29 is 53.5 Å². The Kier molecular flexibility index (Phi) is 9.17. The lowest BCUT2D eigenvalue weighted by molar-refractivity contribution is 0.0906. The zero-order valence-corrected chi connectivity index (χ0v) is 21.3. The molecule has 0 aromatic heterocycles. The van der Waals surface area contributed by atoms with Gasteiger partial charge in [0, 0.05) is 12.1 Å². The van der Waals surface area contributed by atoms with Crippen molar-refractivity contribution in [2.75, 3.05) is 0 Å². The third kappa shape index (κ3) is 6.15. The molecular weight excluding hydrogens is 574 g/mol. The summed E-state index contributed by atoms with van der Waals surface area (Å²) < 4.78 is 136. The fraction of sp³-hybridized carbons (Fsp3) is 0.481. The molecule has 0 saturated heterocycles. The molecule has 2 fully saturated rings. The third-order valence-corrected chi connectivity index (χ3v) is 7.90. The highest BCUT2D eigenvalue weighted by Gasteiger charge is 2.34. The van der Waals surface area contributed by atoms with Crippen molar-refractivity contribution >= 4 is 11.8 Å². The first-order valence-corrected chi connectivity index (χ1v) is 13.0. The van der Waals surface area contributed by atoms with Gasteiger partial charge in [-0.2, -0.15) is 0 Å². The number of benzene rings is 2. The third-order valence-electron chi connectivity index (χ3n) is 7.90. The van der Waals surface area contributed by atoms with E-state index in [1.54, 1.807) is 0 Å². The maximum absolute atomic E-state index is 13.9. The summed E-state index contributed by atoms with van der Waals surface area (Å²) in [6.07, 6.45) is 4.93. The zero-order valence-electron chi connectivity index (χ0n) is 21.3. The number of halogens is 10. The lowest BCUT2D eigenvalue weighted by atomic mass is 9.75. The van der Waals surface area contributed by atoms with Gasteiger partial charge in [0.2, 0.25) is 11.6 Å². The molecule has 2 aromatic carbocycles. The molecule has 0 aliphatic heterocycles. The van der Waals surface area contributed by atoms with E-state index in [9.17, 15) is 53.5 Å². The van der Waals surface area contributed by atoms with Crippen molar-refractivity contribution in [3.05, 3.63) is 69.3 Å². The van der Waals surface area contributed by atoms with Crippen molar-refractivity contribution in [2.45, 2.75) is 69.9 Å². The van der Waals surface area contributed by atoms with Gasteiger partial charge in [0.15, 0.2) is 46.5 Å². The molecule has 2 N–H and O–H groups in total. The Morgan fingerprint density at radius 1 is 0.439 bits per heavy atom. The van der Waals surface area contributed by atoms with Gasteiger partial charge in [-0.15, -0.1) is 0 Å². The Balaban J connectivity index is 1.24. The molecular formula is C27H24F10N2O2. The number of amides is 2. The van der Waals surface area contributed by atoms with Crippen LogP contribution in [0.2, 0.25) is 0 Å². The molecule has 0 bridgehead atoms. The molecule has 4 nitrogen and oxygen atoms in total.